The van der Waals surface area contributed by atoms with Crippen molar-refractivity contribution in [3.63, 3.8) is 0 Å². The molecule has 2 aliphatic heterocycles. The lowest BCUT2D eigenvalue weighted by atomic mass is 9.90. The van der Waals surface area contributed by atoms with Crippen molar-refractivity contribution in [2.24, 2.45) is 0 Å². The van der Waals surface area contributed by atoms with E-state index in [1.54, 1.807) is 0 Å². The zero-order chi connectivity index (χ0) is 11.0. The molecule has 0 aromatic carbocycles. The number of nitrogens with zero attached hydrogens (tertiary/aromatic N) is 3. The van der Waals surface area contributed by atoms with Crippen molar-refractivity contribution >= 4 is 0 Å². The smallest absolute Gasteiger partial charge is 0.153 e. The first-order valence-electron chi connectivity index (χ1n) is 6.47. The average Bonchev–Trinajstić information content (AvgIpc) is 2.74. The van der Waals surface area contributed by atoms with Crippen LogP contribution in [-0.4, -0.2) is 21.3 Å². The molecule has 1 atom stereocenters. The Morgan fingerprint density at radius 2 is 2.12 bits per heavy atom. The maximum atomic E-state index is 4.44. The minimum absolute atomic E-state index is 0.0564. The second kappa shape index (κ2) is 3.84. The van der Waals surface area contributed by atoms with Crippen molar-refractivity contribution in [3.05, 3.63) is 11.6 Å². The Bertz CT molecular complexity index is 376. The molecular weight excluding hydrogens is 200 g/mol. The molecule has 0 radical (unpaired) electrons. The van der Waals surface area contributed by atoms with Gasteiger partial charge >= 0.3 is 0 Å². The Labute approximate surface area is 96.4 Å². The predicted octanol–water partition coefficient (Wildman–Crippen LogP) is 1.60. The highest BCUT2D eigenvalue weighted by Gasteiger charge is 2.34. The van der Waals surface area contributed by atoms with E-state index in [0.717, 1.165) is 19.5 Å². The Hall–Kier alpha value is -0.900. The van der Waals surface area contributed by atoms with Gasteiger partial charge in [-0.25, -0.2) is 0 Å². The zero-order valence-electron chi connectivity index (χ0n) is 10.00. The van der Waals surface area contributed by atoms with Crippen LogP contribution in [0.5, 0.6) is 0 Å². The van der Waals surface area contributed by atoms with E-state index in [0.29, 0.717) is 0 Å². The molecule has 3 rings (SSSR count). The molecule has 2 aliphatic rings. The summed E-state index contributed by atoms with van der Waals surface area (Å²) in [7, 11) is 0. The maximum Gasteiger partial charge on any atom is 0.153 e. The summed E-state index contributed by atoms with van der Waals surface area (Å²) in [5, 5.41) is 12.4. The summed E-state index contributed by atoms with van der Waals surface area (Å²) in [4.78, 5) is 0. The molecule has 4 heteroatoms. The number of piperidine rings is 1. The van der Waals surface area contributed by atoms with Crippen LogP contribution in [0.4, 0.5) is 0 Å². The van der Waals surface area contributed by atoms with E-state index < -0.39 is 0 Å². The van der Waals surface area contributed by atoms with Crippen LogP contribution in [0.25, 0.3) is 0 Å². The number of aromatic nitrogens is 3. The highest BCUT2D eigenvalue weighted by Crippen LogP contribution is 2.30. The van der Waals surface area contributed by atoms with Crippen LogP contribution in [0.3, 0.4) is 0 Å². The van der Waals surface area contributed by atoms with Gasteiger partial charge in [0.15, 0.2) is 5.82 Å². The predicted molar refractivity (Wildman–Crippen MR) is 62.2 cm³/mol. The summed E-state index contributed by atoms with van der Waals surface area (Å²) >= 11 is 0. The maximum absolute atomic E-state index is 4.44. The molecule has 3 heterocycles. The van der Waals surface area contributed by atoms with Crippen LogP contribution in [0, 0.1) is 0 Å². The summed E-state index contributed by atoms with van der Waals surface area (Å²) in [6, 6.07) is 0. The fourth-order valence-corrected chi connectivity index (χ4v) is 2.96. The molecular formula is C12H20N4. The first kappa shape index (κ1) is 10.3. The van der Waals surface area contributed by atoms with E-state index in [-0.39, 0.29) is 5.54 Å². The van der Waals surface area contributed by atoms with E-state index in [9.17, 15) is 0 Å². The van der Waals surface area contributed by atoms with Crippen molar-refractivity contribution in [1.29, 1.82) is 0 Å². The first-order chi connectivity index (χ1) is 7.80. The molecule has 0 amide bonds. The van der Waals surface area contributed by atoms with E-state index in [4.69, 9.17) is 0 Å². The fourth-order valence-electron chi connectivity index (χ4n) is 2.96. The van der Waals surface area contributed by atoms with Crippen LogP contribution in [-0.2, 0) is 18.5 Å². The van der Waals surface area contributed by atoms with Gasteiger partial charge in [0.05, 0.1) is 5.54 Å². The van der Waals surface area contributed by atoms with Crippen molar-refractivity contribution in [2.45, 2.75) is 57.5 Å². The van der Waals surface area contributed by atoms with Gasteiger partial charge in [0.2, 0.25) is 0 Å². The number of hydrogen-bond acceptors (Lipinski definition) is 3. The quantitative estimate of drug-likeness (QED) is 0.781. The largest absolute Gasteiger partial charge is 0.313 e. The molecule has 4 nitrogen and oxygen atoms in total. The van der Waals surface area contributed by atoms with Crippen molar-refractivity contribution < 1.29 is 0 Å². The zero-order valence-corrected chi connectivity index (χ0v) is 10.00. The lowest BCUT2D eigenvalue weighted by molar-refractivity contribution is 0.256. The highest BCUT2D eigenvalue weighted by atomic mass is 15.3. The second-order valence-corrected chi connectivity index (χ2v) is 5.26. The molecule has 0 aliphatic carbocycles. The third-order valence-electron chi connectivity index (χ3n) is 3.97. The summed E-state index contributed by atoms with van der Waals surface area (Å²) < 4.78 is 2.35. The lowest BCUT2D eigenvalue weighted by Crippen LogP contribution is -2.45. The molecule has 1 saturated heterocycles. The van der Waals surface area contributed by atoms with Gasteiger partial charge in [-0.1, -0.05) is 0 Å². The molecule has 0 saturated carbocycles. The summed E-state index contributed by atoms with van der Waals surface area (Å²) in [5.41, 5.74) is 0.0564. The Morgan fingerprint density at radius 3 is 2.94 bits per heavy atom. The molecule has 1 N–H and O–H groups in total. The van der Waals surface area contributed by atoms with Crippen LogP contribution in [0.1, 0.15) is 50.7 Å². The van der Waals surface area contributed by atoms with E-state index in [1.807, 2.05) is 0 Å². The van der Waals surface area contributed by atoms with Crippen LogP contribution in [0.2, 0.25) is 0 Å². The molecule has 0 spiro atoms. The molecule has 1 aromatic rings. The van der Waals surface area contributed by atoms with E-state index in [2.05, 4.69) is 27.0 Å². The van der Waals surface area contributed by atoms with Gasteiger partial charge in [0, 0.05) is 13.0 Å². The molecule has 88 valence electrons. The Morgan fingerprint density at radius 1 is 1.19 bits per heavy atom. The number of nitrogens with one attached hydrogen (secondary N) is 1. The van der Waals surface area contributed by atoms with Crippen LogP contribution in [0.15, 0.2) is 0 Å². The SMILES string of the molecule is CC1(c2nnc3n2CCCC3)CCCCN1. The number of fused-ring (bicyclic) bond motifs is 1. The van der Waals surface area contributed by atoms with Crippen molar-refractivity contribution in [3.8, 4) is 0 Å². The van der Waals surface area contributed by atoms with E-state index >= 15 is 0 Å². The number of rotatable bonds is 1. The number of aryl methyl sites for hydroxylation is 1. The van der Waals surface area contributed by atoms with Gasteiger partial charge in [-0.15, -0.1) is 10.2 Å². The number of hydrogen-bond donors (Lipinski definition) is 1. The summed E-state index contributed by atoms with van der Waals surface area (Å²) in [5.74, 6) is 2.36. The van der Waals surface area contributed by atoms with Gasteiger partial charge in [-0.3, -0.25) is 0 Å². The van der Waals surface area contributed by atoms with Gasteiger partial charge in [-0.2, -0.15) is 0 Å². The standard InChI is InChI=1S/C12H20N4/c1-12(7-3-4-8-13-12)11-15-14-10-6-2-5-9-16(10)11/h13H,2-9H2,1H3. The minimum atomic E-state index is 0.0564. The highest BCUT2D eigenvalue weighted by molar-refractivity contribution is 5.10. The third kappa shape index (κ3) is 1.56. The first-order valence-corrected chi connectivity index (χ1v) is 6.47. The van der Waals surface area contributed by atoms with E-state index in [1.165, 1.54) is 43.8 Å². The normalized spacial score (nSPS) is 30.1. The van der Waals surface area contributed by atoms with Gasteiger partial charge in [0.25, 0.3) is 0 Å². The molecule has 16 heavy (non-hydrogen) atoms. The molecule has 1 unspecified atom stereocenters. The Kier molecular flexibility index (Phi) is 2.46. The lowest BCUT2D eigenvalue weighted by Gasteiger charge is -2.34. The molecule has 1 aromatic heterocycles. The molecule has 1 fully saturated rings. The average molecular weight is 220 g/mol. The topological polar surface area (TPSA) is 42.7 Å². The third-order valence-corrected chi connectivity index (χ3v) is 3.97. The summed E-state index contributed by atoms with van der Waals surface area (Å²) in [6.07, 6.45) is 7.41. The minimum Gasteiger partial charge on any atom is -0.313 e. The van der Waals surface area contributed by atoms with Crippen molar-refractivity contribution in [2.75, 3.05) is 6.54 Å². The second-order valence-electron chi connectivity index (χ2n) is 5.26. The fraction of sp³-hybridized carbons (Fsp3) is 0.833. The molecule has 0 bridgehead atoms. The van der Waals surface area contributed by atoms with Gasteiger partial charge < -0.3 is 9.88 Å². The van der Waals surface area contributed by atoms with Gasteiger partial charge in [-0.05, 0) is 45.6 Å². The Balaban J connectivity index is 1.95. The van der Waals surface area contributed by atoms with Crippen molar-refractivity contribution in [1.82, 2.24) is 20.1 Å². The van der Waals surface area contributed by atoms with Gasteiger partial charge in [0.1, 0.15) is 5.82 Å². The summed E-state index contributed by atoms with van der Waals surface area (Å²) in [6.45, 7) is 4.49. The van der Waals surface area contributed by atoms with Crippen LogP contribution < -0.4 is 5.32 Å². The monoisotopic (exact) mass is 220 g/mol. The van der Waals surface area contributed by atoms with Crippen LogP contribution >= 0.6 is 0 Å².